The number of nitrogens with one attached hydrogen (secondary N) is 1. The van der Waals surface area contributed by atoms with Crippen LogP contribution in [0.1, 0.15) is 31.9 Å². The van der Waals surface area contributed by atoms with Crippen LogP contribution < -0.4 is 10.2 Å². The molecule has 1 saturated carbocycles. The normalized spacial score (nSPS) is 16.4. The molecule has 2 rings (SSSR count). The molecule has 1 fully saturated rings. The van der Waals surface area contributed by atoms with Gasteiger partial charge in [0.1, 0.15) is 0 Å². The lowest BCUT2D eigenvalue weighted by molar-refractivity contribution is 0.660. The Morgan fingerprint density at radius 1 is 1.53 bits per heavy atom. The maximum atomic E-state index is 4.45. The van der Waals surface area contributed by atoms with Crippen LogP contribution in [0, 0.1) is 0 Å². The van der Waals surface area contributed by atoms with Crippen molar-refractivity contribution in [3.8, 4) is 0 Å². The van der Waals surface area contributed by atoms with Crippen molar-refractivity contribution >= 4 is 17.4 Å². The summed E-state index contributed by atoms with van der Waals surface area (Å²) in [6.07, 6.45) is 7.96. The van der Waals surface area contributed by atoms with Crippen molar-refractivity contribution in [2.75, 3.05) is 24.0 Å². The second kappa shape index (κ2) is 7.15. The van der Waals surface area contributed by atoms with Gasteiger partial charge in [0, 0.05) is 37.6 Å². The minimum absolute atomic E-state index is 0.569. The summed E-state index contributed by atoms with van der Waals surface area (Å²) in [4.78, 5) is 6.81. The van der Waals surface area contributed by atoms with E-state index in [9.17, 15) is 0 Å². The SMILES string of the molecule is CSCCC(C)N(C)c1ccnc(CNC2CC2)c1. The van der Waals surface area contributed by atoms with E-state index in [1.54, 1.807) is 0 Å². The summed E-state index contributed by atoms with van der Waals surface area (Å²) in [5, 5.41) is 3.52. The molecule has 3 nitrogen and oxygen atoms in total. The van der Waals surface area contributed by atoms with E-state index in [0.29, 0.717) is 6.04 Å². The van der Waals surface area contributed by atoms with Gasteiger partial charge in [-0.15, -0.1) is 0 Å². The van der Waals surface area contributed by atoms with E-state index < -0.39 is 0 Å². The molecular weight excluding hydrogens is 254 g/mol. The smallest absolute Gasteiger partial charge is 0.0562 e. The number of anilines is 1. The second-order valence-corrected chi connectivity index (χ2v) is 6.39. The molecule has 0 radical (unpaired) electrons. The Balaban J connectivity index is 1.91. The first-order valence-corrected chi connectivity index (χ1v) is 8.50. The van der Waals surface area contributed by atoms with Gasteiger partial charge in [-0.05, 0) is 50.3 Å². The fourth-order valence-electron chi connectivity index (χ4n) is 2.05. The molecule has 19 heavy (non-hydrogen) atoms. The van der Waals surface area contributed by atoms with Crippen molar-refractivity contribution in [2.45, 2.75) is 44.8 Å². The quantitative estimate of drug-likeness (QED) is 0.792. The van der Waals surface area contributed by atoms with Crippen LogP contribution in [0.3, 0.4) is 0 Å². The van der Waals surface area contributed by atoms with Crippen molar-refractivity contribution in [2.24, 2.45) is 0 Å². The van der Waals surface area contributed by atoms with E-state index in [1.165, 1.54) is 30.7 Å². The molecule has 1 heterocycles. The number of hydrogen-bond acceptors (Lipinski definition) is 4. The van der Waals surface area contributed by atoms with Crippen molar-refractivity contribution in [3.63, 3.8) is 0 Å². The molecule has 106 valence electrons. The highest BCUT2D eigenvalue weighted by Crippen LogP contribution is 2.21. The summed E-state index contributed by atoms with van der Waals surface area (Å²) in [6.45, 7) is 3.18. The first-order chi connectivity index (χ1) is 9.20. The molecule has 1 aromatic heterocycles. The molecule has 1 N–H and O–H groups in total. The third-order valence-electron chi connectivity index (χ3n) is 3.76. The van der Waals surface area contributed by atoms with Gasteiger partial charge in [0.15, 0.2) is 0 Å². The molecule has 0 bridgehead atoms. The molecule has 0 amide bonds. The van der Waals surface area contributed by atoms with Crippen molar-refractivity contribution in [3.05, 3.63) is 24.0 Å². The van der Waals surface area contributed by atoms with Gasteiger partial charge in [0.05, 0.1) is 5.69 Å². The number of pyridine rings is 1. The minimum Gasteiger partial charge on any atom is -0.372 e. The zero-order valence-electron chi connectivity index (χ0n) is 12.2. The number of rotatable bonds is 8. The maximum absolute atomic E-state index is 4.45. The van der Waals surface area contributed by atoms with Gasteiger partial charge in [-0.25, -0.2) is 0 Å². The standard InChI is InChI=1S/C15H25N3S/c1-12(7-9-19-3)18(2)15-6-8-16-14(10-15)11-17-13-4-5-13/h6,8,10,12-13,17H,4-5,7,9,11H2,1-3H3. The minimum atomic E-state index is 0.569. The average Bonchev–Trinajstić information content (AvgIpc) is 3.26. The van der Waals surface area contributed by atoms with Crippen LogP contribution in [-0.2, 0) is 6.54 Å². The lowest BCUT2D eigenvalue weighted by Gasteiger charge is -2.27. The van der Waals surface area contributed by atoms with E-state index in [1.807, 2.05) is 18.0 Å². The second-order valence-electron chi connectivity index (χ2n) is 5.40. The summed E-state index contributed by atoms with van der Waals surface area (Å²) in [5.41, 5.74) is 2.42. The van der Waals surface area contributed by atoms with E-state index in [2.05, 4.69) is 47.6 Å². The molecule has 0 aliphatic heterocycles. The predicted molar refractivity (Wildman–Crippen MR) is 85.0 cm³/mol. The van der Waals surface area contributed by atoms with Gasteiger partial charge in [0.2, 0.25) is 0 Å². The monoisotopic (exact) mass is 279 g/mol. The number of hydrogen-bond donors (Lipinski definition) is 1. The molecule has 1 aromatic rings. The molecule has 1 aliphatic rings. The lowest BCUT2D eigenvalue weighted by atomic mass is 10.2. The average molecular weight is 279 g/mol. The summed E-state index contributed by atoms with van der Waals surface area (Å²) >= 11 is 1.91. The van der Waals surface area contributed by atoms with E-state index in [-0.39, 0.29) is 0 Å². The number of aromatic nitrogens is 1. The summed E-state index contributed by atoms with van der Waals surface area (Å²) in [7, 11) is 2.18. The van der Waals surface area contributed by atoms with Crippen LogP contribution in [0.4, 0.5) is 5.69 Å². The van der Waals surface area contributed by atoms with Crippen LogP contribution in [0.2, 0.25) is 0 Å². The molecular formula is C15H25N3S. The first-order valence-electron chi connectivity index (χ1n) is 7.10. The van der Waals surface area contributed by atoms with Crippen molar-refractivity contribution in [1.29, 1.82) is 0 Å². The highest BCUT2D eigenvalue weighted by atomic mass is 32.2. The van der Waals surface area contributed by atoms with Gasteiger partial charge in [-0.2, -0.15) is 11.8 Å². The summed E-state index contributed by atoms with van der Waals surface area (Å²) in [5.74, 6) is 1.21. The Morgan fingerprint density at radius 2 is 2.32 bits per heavy atom. The molecule has 0 saturated heterocycles. The van der Waals surface area contributed by atoms with Crippen LogP contribution in [0.15, 0.2) is 18.3 Å². The fraction of sp³-hybridized carbons (Fsp3) is 0.667. The van der Waals surface area contributed by atoms with Gasteiger partial charge in [-0.1, -0.05) is 0 Å². The predicted octanol–water partition coefficient (Wildman–Crippen LogP) is 2.91. The Kier molecular flexibility index (Phi) is 5.52. The summed E-state index contributed by atoms with van der Waals surface area (Å²) < 4.78 is 0. The van der Waals surface area contributed by atoms with Crippen LogP contribution in [0.5, 0.6) is 0 Å². The van der Waals surface area contributed by atoms with Crippen molar-refractivity contribution < 1.29 is 0 Å². The molecule has 1 unspecified atom stereocenters. The third kappa shape index (κ3) is 4.69. The highest BCUT2D eigenvalue weighted by molar-refractivity contribution is 7.98. The zero-order valence-corrected chi connectivity index (χ0v) is 13.0. The molecule has 4 heteroatoms. The zero-order chi connectivity index (χ0) is 13.7. The van der Waals surface area contributed by atoms with Gasteiger partial charge >= 0.3 is 0 Å². The van der Waals surface area contributed by atoms with Crippen molar-refractivity contribution in [1.82, 2.24) is 10.3 Å². The third-order valence-corrected chi connectivity index (χ3v) is 4.40. The Hall–Kier alpha value is -0.740. The Morgan fingerprint density at radius 3 is 3.00 bits per heavy atom. The highest BCUT2D eigenvalue weighted by Gasteiger charge is 2.20. The lowest BCUT2D eigenvalue weighted by Crippen LogP contribution is -2.29. The molecule has 0 spiro atoms. The van der Waals surface area contributed by atoms with Crippen LogP contribution in [-0.4, -0.2) is 36.1 Å². The first kappa shape index (κ1) is 14.7. The number of nitrogens with zero attached hydrogens (tertiary/aromatic N) is 2. The maximum Gasteiger partial charge on any atom is 0.0562 e. The topological polar surface area (TPSA) is 28.2 Å². The fourth-order valence-corrected chi connectivity index (χ4v) is 2.63. The molecule has 0 aromatic carbocycles. The van der Waals surface area contributed by atoms with E-state index >= 15 is 0 Å². The van der Waals surface area contributed by atoms with Gasteiger partial charge < -0.3 is 10.2 Å². The van der Waals surface area contributed by atoms with E-state index in [4.69, 9.17) is 0 Å². The van der Waals surface area contributed by atoms with Crippen LogP contribution in [0.25, 0.3) is 0 Å². The molecule has 1 atom stereocenters. The van der Waals surface area contributed by atoms with Gasteiger partial charge in [-0.3, -0.25) is 4.98 Å². The van der Waals surface area contributed by atoms with E-state index in [0.717, 1.165) is 18.3 Å². The largest absolute Gasteiger partial charge is 0.372 e. The van der Waals surface area contributed by atoms with Gasteiger partial charge in [0.25, 0.3) is 0 Å². The van der Waals surface area contributed by atoms with Crippen LogP contribution >= 0.6 is 11.8 Å². The molecule has 1 aliphatic carbocycles. The Bertz CT molecular complexity index is 393. The summed E-state index contributed by atoms with van der Waals surface area (Å²) in [6, 6.07) is 5.63. The Labute approximate surface area is 121 Å². The number of thioether (sulfide) groups is 1.